The van der Waals surface area contributed by atoms with E-state index in [1.54, 1.807) is 22.7 Å². The molecule has 1 fully saturated rings. The van der Waals surface area contributed by atoms with Crippen molar-refractivity contribution in [2.24, 2.45) is 0 Å². The van der Waals surface area contributed by atoms with E-state index in [-0.39, 0.29) is 0 Å². The maximum Gasteiger partial charge on any atom is 0.186 e. The molecule has 42 heavy (non-hydrogen) atoms. The maximum atomic E-state index is 6.26. The van der Waals surface area contributed by atoms with E-state index < -0.39 is 0 Å². The minimum Gasteiger partial charge on any atom is -0.378 e. The SMILES string of the molecule is Nc1nc(-c2ccc3c(c2)Cc2ccccc2-3)c(-c2ccc(-c3ccc(-c4csc(N5CCOCC5)n4)cc3)cc2)s1. The van der Waals surface area contributed by atoms with Crippen LogP contribution in [-0.2, 0) is 11.2 Å². The molecule has 1 aliphatic heterocycles. The zero-order valence-electron chi connectivity index (χ0n) is 22.9. The first-order valence-electron chi connectivity index (χ1n) is 14.2. The van der Waals surface area contributed by atoms with E-state index in [9.17, 15) is 0 Å². The van der Waals surface area contributed by atoms with Gasteiger partial charge in [-0.05, 0) is 51.4 Å². The van der Waals surface area contributed by atoms with E-state index in [4.69, 9.17) is 20.4 Å². The zero-order chi connectivity index (χ0) is 28.0. The summed E-state index contributed by atoms with van der Waals surface area (Å²) in [6.07, 6.45) is 0.958. The number of nitrogens with zero attached hydrogens (tertiary/aromatic N) is 3. The molecule has 0 bridgehead atoms. The molecular weight excluding hydrogens is 557 g/mol. The van der Waals surface area contributed by atoms with E-state index in [1.165, 1.54) is 33.4 Å². The second kappa shape index (κ2) is 10.5. The number of hydrogen-bond donors (Lipinski definition) is 1. The number of nitrogen functional groups attached to an aromatic ring is 1. The van der Waals surface area contributed by atoms with Gasteiger partial charge in [-0.1, -0.05) is 96.3 Å². The lowest BCUT2D eigenvalue weighted by atomic mass is 9.99. The predicted molar refractivity (Wildman–Crippen MR) is 175 cm³/mol. The molecule has 3 heterocycles. The number of anilines is 2. The van der Waals surface area contributed by atoms with E-state index in [0.29, 0.717) is 5.13 Å². The third-order valence-electron chi connectivity index (χ3n) is 8.15. The molecule has 0 radical (unpaired) electrons. The molecule has 0 amide bonds. The van der Waals surface area contributed by atoms with Gasteiger partial charge in [0.25, 0.3) is 0 Å². The standard InChI is InChI=1S/C35H28N4OS2/c36-34-38-32(27-13-14-30-28(20-27)19-26-3-1-2-4-29(26)30)33(42-34)25-11-7-23(8-12-25)22-5-9-24(10-6-22)31-21-41-35(37-31)39-15-17-40-18-16-39/h1-14,20-21H,15-19H2,(H2,36,38). The van der Waals surface area contributed by atoms with Crippen LogP contribution in [0.15, 0.2) is 96.4 Å². The van der Waals surface area contributed by atoms with Gasteiger partial charge in [-0.2, -0.15) is 0 Å². The van der Waals surface area contributed by atoms with Crippen LogP contribution in [0.25, 0.3) is 55.2 Å². The Kier molecular flexibility index (Phi) is 6.36. The fourth-order valence-corrected chi connectivity index (χ4v) is 7.71. The smallest absolute Gasteiger partial charge is 0.186 e. The van der Waals surface area contributed by atoms with Crippen LogP contribution in [0.3, 0.4) is 0 Å². The van der Waals surface area contributed by atoms with Crippen molar-refractivity contribution >= 4 is 32.9 Å². The van der Waals surface area contributed by atoms with Gasteiger partial charge in [0.05, 0.1) is 29.5 Å². The van der Waals surface area contributed by atoms with Crippen LogP contribution in [0.5, 0.6) is 0 Å². The van der Waals surface area contributed by atoms with Gasteiger partial charge in [0.1, 0.15) is 0 Å². The maximum absolute atomic E-state index is 6.26. The first kappa shape index (κ1) is 25.4. The van der Waals surface area contributed by atoms with Gasteiger partial charge in [-0.3, -0.25) is 0 Å². The lowest BCUT2D eigenvalue weighted by molar-refractivity contribution is 0.122. The average molecular weight is 585 g/mol. The number of thiazole rings is 2. The molecule has 8 rings (SSSR count). The summed E-state index contributed by atoms with van der Waals surface area (Å²) >= 11 is 3.25. The van der Waals surface area contributed by atoms with Crippen molar-refractivity contribution in [1.82, 2.24) is 9.97 Å². The number of aromatic nitrogens is 2. The van der Waals surface area contributed by atoms with Crippen LogP contribution in [0.4, 0.5) is 10.3 Å². The van der Waals surface area contributed by atoms with Crippen LogP contribution in [0, 0.1) is 0 Å². The summed E-state index contributed by atoms with van der Waals surface area (Å²) in [5.74, 6) is 0. The van der Waals surface area contributed by atoms with Crippen molar-refractivity contribution < 1.29 is 4.74 Å². The average Bonchev–Trinajstić information content (AvgIpc) is 3.78. The molecule has 5 nitrogen and oxygen atoms in total. The Morgan fingerprint density at radius 3 is 2.14 bits per heavy atom. The minimum absolute atomic E-state index is 0.585. The number of fused-ring (bicyclic) bond motifs is 3. The number of rotatable bonds is 5. The highest BCUT2D eigenvalue weighted by molar-refractivity contribution is 7.19. The van der Waals surface area contributed by atoms with E-state index >= 15 is 0 Å². The Morgan fingerprint density at radius 1 is 0.690 bits per heavy atom. The highest BCUT2D eigenvalue weighted by Gasteiger charge is 2.21. The Bertz CT molecular complexity index is 1900. The third-order valence-corrected chi connectivity index (χ3v) is 9.98. The van der Waals surface area contributed by atoms with Crippen molar-refractivity contribution in [3.63, 3.8) is 0 Å². The number of benzene rings is 4. The normalized spacial score (nSPS) is 14.1. The molecule has 206 valence electrons. The number of morpholine rings is 1. The summed E-state index contributed by atoms with van der Waals surface area (Å²) in [6, 6.07) is 32.8. The molecule has 0 unspecified atom stereocenters. The second-order valence-corrected chi connectivity index (χ2v) is 12.6. The van der Waals surface area contributed by atoms with Gasteiger partial charge in [0, 0.05) is 29.6 Å². The zero-order valence-corrected chi connectivity index (χ0v) is 24.5. The molecule has 2 N–H and O–H groups in total. The van der Waals surface area contributed by atoms with Gasteiger partial charge in [-0.25, -0.2) is 9.97 Å². The van der Waals surface area contributed by atoms with Crippen molar-refractivity contribution in [3.8, 4) is 55.2 Å². The Labute approximate surface area is 252 Å². The molecular formula is C35H28N4OS2. The number of hydrogen-bond acceptors (Lipinski definition) is 7. The monoisotopic (exact) mass is 584 g/mol. The van der Waals surface area contributed by atoms with Crippen molar-refractivity contribution in [1.29, 1.82) is 0 Å². The summed E-state index contributed by atoms with van der Waals surface area (Å²) in [5.41, 5.74) is 19.3. The van der Waals surface area contributed by atoms with E-state index in [1.807, 2.05) is 0 Å². The molecule has 7 heteroatoms. The Morgan fingerprint density at radius 2 is 1.36 bits per heavy atom. The highest BCUT2D eigenvalue weighted by Crippen LogP contribution is 2.42. The summed E-state index contributed by atoms with van der Waals surface area (Å²) in [4.78, 5) is 13.1. The highest BCUT2D eigenvalue weighted by atomic mass is 32.1. The Balaban J connectivity index is 1.03. The van der Waals surface area contributed by atoms with Crippen LogP contribution in [0.2, 0.25) is 0 Å². The molecule has 2 aliphatic rings. The molecule has 6 aromatic rings. The van der Waals surface area contributed by atoms with E-state index in [2.05, 4.69) is 101 Å². The minimum atomic E-state index is 0.585. The largest absolute Gasteiger partial charge is 0.378 e. The molecule has 0 spiro atoms. The van der Waals surface area contributed by atoms with Gasteiger partial charge in [-0.15, -0.1) is 11.3 Å². The van der Waals surface area contributed by atoms with Crippen LogP contribution >= 0.6 is 22.7 Å². The molecule has 0 saturated carbocycles. The summed E-state index contributed by atoms with van der Waals surface area (Å²) in [5, 5.41) is 3.80. The lowest BCUT2D eigenvalue weighted by Crippen LogP contribution is -2.36. The van der Waals surface area contributed by atoms with E-state index in [0.717, 1.165) is 70.8 Å². The number of nitrogens with two attached hydrogens (primary N) is 1. The topological polar surface area (TPSA) is 64.3 Å². The fraction of sp³-hybridized carbons (Fsp3) is 0.143. The van der Waals surface area contributed by atoms with Crippen molar-refractivity contribution in [2.75, 3.05) is 36.9 Å². The first-order chi connectivity index (χ1) is 20.7. The van der Waals surface area contributed by atoms with Crippen molar-refractivity contribution in [2.45, 2.75) is 6.42 Å². The first-order valence-corrected chi connectivity index (χ1v) is 15.9. The van der Waals surface area contributed by atoms with Crippen molar-refractivity contribution in [3.05, 3.63) is 108 Å². The molecule has 1 saturated heterocycles. The van der Waals surface area contributed by atoms with Gasteiger partial charge < -0.3 is 15.4 Å². The van der Waals surface area contributed by atoms with Gasteiger partial charge in [0.2, 0.25) is 0 Å². The van der Waals surface area contributed by atoms with Crippen LogP contribution in [0.1, 0.15) is 11.1 Å². The molecule has 0 atom stereocenters. The summed E-state index contributed by atoms with van der Waals surface area (Å²) < 4.78 is 5.48. The lowest BCUT2D eigenvalue weighted by Gasteiger charge is -2.26. The quantitative estimate of drug-likeness (QED) is 0.221. The van der Waals surface area contributed by atoms with Crippen LogP contribution < -0.4 is 10.6 Å². The number of ether oxygens (including phenoxy) is 1. The van der Waals surface area contributed by atoms with Crippen LogP contribution in [-0.4, -0.2) is 36.3 Å². The molecule has 4 aromatic carbocycles. The predicted octanol–water partition coefficient (Wildman–Crippen LogP) is 8.26. The Hall–Kier alpha value is -4.30. The fourth-order valence-electron chi connectivity index (χ4n) is 5.96. The van der Waals surface area contributed by atoms with Gasteiger partial charge >= 0.3 is 0 Å². The third kappa shape index (κ3) is 4.60. The summed E-state index contributed by atoms with van der Waals surface area (Å²) in [6.45, 7) is 3.34. The van der Waals surface area contributed by atoms with Gasteiger partial charge in [0.15, 0.2) is 10.3 Å². The molecule has 2 aromatic heterocycles. The molecule has 1 aliphatic carbocycles. The summed E-state index contributed by atoms with van der Waals surface area (Å²) in [7, 11) is 0. The second-order valence-electron chi connectivity index (χ2n) is 10.7.